The van der Waals surface area contributed by atoms with Crippen LogP contribution in [0.3, 0.4) is 0 Å². The lowest BCUT2D eigenvalue weighted by Crippen LogP contribution is -2.32. The van der Waals surface area contributed by atoms with Crippen LogP contribution in [0.5, 0.6) is 0 Å². The van der Waals surface area contributed by atoms with Crippen LogP contribution in [-0.4, -0.2) is 42.8 Å². The van der Waals surface area contributed by atoms with Crippen molar-refractivity contribution in [3.8, 4) is 0 Å². The molecule has 0 amide bonds. The van der Waals surface area contributed by atoms with E-state index in [2.05, 4.69) is 0 Å². The van der Waals surface area contributed by atoms with Crippen molar-refractivity contribution in [3.63, 3.8) is 0 Å². The summed E-state index contributed by atoms with van der Waals surface area (Å²) in [6, 6.07) is 4.05. The van der Waals surface area contributed by atoms with E-state index in [9.17, 15) is 14.9 Å². The van der Waals surface area contributed by atoms with Crippen molar-refractivity contribution >= 4 is 17.3 Å². The standard InChI is InChI=1S/C12H16N2O5/c1-8(7-19-3)13(2)9-4-5-11(14(17)18)10(6-9)12(15)16/h4-6,8H,7H2,1-3H3,(H,15,16). The maximum absolute atomic E-state index is 11.0. The van der Waals surface area contributed by atoms with Crippen molar-refractivity contribution in [2.24, 2.45) is 0 Å². The molecule has 104 valence electrons. The molecule has 0 aliphatic carbocycles. The minimum absolute atomic E-state index is 0.0214. The summed E-state index contributed by atoms with van der Waals surface area (Å²) in [6.07, 6.45) is 0. The van der Waals surface area contributed by atoms with E-state index in [4.69, 9.17) is 9.84 Å². The largest absolute Gasteiger partial charge is 0.477 e. The highest BCUT2D eigenvalue weighted by molar-refractivity contribution is 5.93. The fourth-order valence-electron chi connectivity index (χ4n) is 1.68. The second-order valence-corrected chi connectivity index (χ2v) is 4.18. The zero-order chi connectivity index (χ0) is 14.6. The summed E-state index contributed by atoms with van der Waals surface area (Å²) in [5, 5.41) is 19.8. The van der Waals surface area contributed by atoms with Crippen LogP contribution in [0.15, 0.2) is 18.2 Å². The highest BCUT2D eigenvalue weighted by Crippen LogP contribution is 2.25. The Kier molecular flexibility index (Phi) is 4.82. The van der Waals surface area contributed by atoms with Crippen LogP contribution in [0.2, 0.25) is 0 Å². The number of nitrogens with zero attached hydrogens (tertiary/aromatic N) is 2. The molecular weight excluding hydrogens is 252 g/mol. The number of carbonyl (C=O) groups is 1. The number of rotatable bonds is 6. The molecule has 1 unspecified atom stereocenters. The number of hydrogen-bond acceptors (Lipinski definition) is 5. The van der Waals surface area contributed by atoms with Crippen molar-refractivity contribution < 1.29 is 19.6 Å². The Bertz CT molecular complexity index is 489. The molecule has 0 saturated carbocycles. The van der Waals surface area contributed by atoms with Crippen LogP contribution in [-0.2, 0) is 4.74 Å². The van der Waals surface area contributed by atoms with Gasteiger partial charge in [0.2, 0.25) is 0 Å². The Morgan fingerprint density at radius 1 is 1.58 bits per heavy atom. The molecular formula is C12H16N2O5. The maximum atomic E-state index is 11.0. The summed E-state index contributed by atoms with van der Waals surface area (Å²) in [5.41, 5.74) is -0.143. The van der Waals surface area contributed by atoms with Crippen LogP contribution in [0, 0.1) is 10.1 Å². The molecule has 0 spiro atoms. The molecule has 1 aromatic rings. The van der Waals surface area contributed by atoms with Gasteiger partial charge in [-0.2, -0.15) is 0 Å². The topological polar surface area (TPSA) is 92.9 Å². The van der Waals surface area contributed by atoms with Crippen molar-refractivity contribution in [2.75, 3.05) is 25.7 Å². The van der Waals surface area contributed by atoms with Crippen molar-refractivity contribution in [1.82, 2.24) is 0 Å². The zero-order valence-corrected chi connectivity index (χ0v) is 11.0. The van der Waals surface area contributed by atoms with Crippen LogP contribution in [0.25, 0.3) is 0 Å². The van der Waals surface area contributed by atoms with Crippen molar-refractivity contribution in [1.29, 1.82) is 0 Å². The van der Waals surface area contributed by atoms with Gasteiger partial charge in [-0.3, -0.25) is 10.1 Å². The van der Waals surface area contributed by atoms with Gasteiger partial charge in [-0.1, -0.05) is 0 Å². The third-order valence-corrected chi connectivity index (χ3v) is 2.88. The lowest BCUT2D eigenvalue weighted by Gasteiger charge is -2.26. The number of aromatic carboxylic acids is 1. The third-order valence-electron chi connectivity index (χ3n) is 2.88. The zero-order valence-electron chi connectivity index (χ0n) is 11.0. The lowest BCUT2D eigenvalue weighted by molar-refractivity contribution is -0.385. The van der Waals surface area contributed by atoms with Crippen LogP contribution in [0.1, 0.15) is 17.3 Å². The number of carboxylic acids is 1. The molecule has 0 bridgehead atoms. The minimum Gasteiger partial charge on any atom is -0.477 e. The van der Waals surface area contributed by atoms with Gasteiger partial charge in [0.25, 0.3) is 5.69 Å². The number of methoxy groups -OCH3 is 1. The smallest absolute Gasteiger partial charge is 0.342 e. The average molecular weight is 268 g/mol. The van der Waals surface area contributed by atoms with Crippen molar-refractivity contribution in [3.05, 3.63) is 33.9 Å². The minimum atomic E-state index is -1.32. The molecule has 1 atom stereocenters. The van der Waals surface area contributed by atoms with Gasteiger partial charge in [-0.25, -0.2) is 4.79 Å². The number of anilines is 1. The number of ether oxygens (including phenoxy) is 1. The first kappa shape index (κ1) is 14.9. The number of hydrogen-bond donors (Lipinski definition) is 1. The van der Waals surface area contributed by atoms with E-state index in [1.807, 2.05) is 6.92 Å². The number of carboxylic acid groups (broad SMARTS) is 1. The molecule has 0 aromatic heterocycles. The molecule has 7 nitrogen and oxygen atoms in total. The summed E-state index contributed by atoms with van der Waals surface area (Å²) in [7, 11) is 3.35. The van der Waals surface area contributed by atoms with Gasteiger partial charge in [0.15, 0.2) is 0 Å². The van der Waals surface area contributed by atoms with Gasteiger partial charge in [0.1, 0.15) is 5.56 Å². The fraction of sp³-hybridized carbons (Fsp3) is 0.417. The number of nitro groups is 1. The van der Waals surface area contributed by atoms with Crippen molar-refractivity contribution in [2.45, 2.75) is 13.0 Å². The van der Waals surface area contributed by atoms with E-state index in [-0.39, 0.29) is 11.6 Å². The van der Waals surface area contributed by atoms with Gasteiger partial charge in [0, 0.05) is 32.0 Å². The lowest BCUT2D eigenvalue weighted by atomic mass is 10.1. The van der Waals surface area contributed by atoms with E-state index in [0.29, 0.717) is 12.3 Å². The van der Waals surface area contributed by atoms with Crippen LogP contribution in [0.4, 0.5) is 11.4 Å². The molecule has 7 heteroatoms. The van der Waals surface area contributed by atoms with E-state index < -0.39 is 16.6 Å². The summed E-state index contributed by atoms with van der Waals surface area (Å²) in [5.74, 6) is -1.32. The SMILES string of the molecule is COCC(C)N(C)c1ccc([N+](=O)[O-])c(C(=O)O)c1. The first-order valence-corrected chi connectivity index (χ1v) is 5.62. The Balaban J connectivity index is 3.15. The fourth-order valence-corrected chi connectivity index (χ4v) is 1.68. The normalized spacial score (nSPS) is 11.9. The number of likely N-dealkylation sites (N-methyl/N-ethyl adjacent to an activating group) is 1. The van der Waals surface area contributed by atoms with Gasteiger partial charge in [0.05, 0.1) is 11.5 Å². The average Bonchev–Trinajstić information content (AvgIpc) is 2.37. The number of nitro benzene ring substituents is 1. The quantitative estimate of drug-likeness (QED) is 0.624. The number of benzene rings is 1. The van der Waals surface area contributed by atoms with Gasteiger partial charge >= 0.3 is 5.97 Å². The second kappa shape index (κ2) is 6.14. The summed E-state index contributed by atoms with van der Waals surface area (Å²) in [6.45, 7) is 2.38. The molecule has 19 heavy (non-hydrogen) atoms. The van der Waals surface area contributed by atoms with Gasteiger partial charge in [-0.05, 0) is 19.1 Å². The Labute approximate surface area is 110 Å². The van der Waals surface area contributed by atoms with Crippen LogP contribution >= 0.6 is 0 Å². The molecule has 1 aromatic carbocycles. The summed E-state index contributed by atoms with van der Waals surface area (Å²) in [4.78, 5) is 22.9. The molecule has 0 heterocycles. The Morgan fingerprint density at radius 2 is 2.21 bits per heavy atom. The van der Waals surface area contributed by atoms with E-state index in [1.165, 1.54) is 18.2 Å². The first-order valence-electron chi connectivity index (χ1n) is 5.62. The molecule has 0 aliphatic heterocycles. The van der Waals surface area contributed by atoms with Crippen LogP contribution < -0.4 is 4.90 Å². The second-order valence-electron chi connectivity index (χ2n) is 4.18. The predicted molar refractivity (Wildman–Crippen MR) is 69.8 cm³/mol. The molecule has 0 saturated heterocycles. The maximum Gasteiger partial charge on any atom is 0.342 e. The molecule has 0 radical (unpaired) electrons. The third kappa shape index (κ3) is 3.41. The highest BCUT2D eigenvalue weighted by atomic mass is 16.6. The van der Waals surface area contributed by atoms with E-state index in [1.54, 1.807) is 19.1 Å². The summed E-state index contributed by atoms with van der Waals surface area (Å²) < 4.78 is 5.02. The molecule has 1 rings (SSSR count). The van der Waals surface area contributed by atoms with Gasteiger partial charge < -0.3 is 14.7 Å². The van der Waals surface area contributed by atoms with Gasteiger partial charge in [-0.15, -0.1) is 0 Å². The first-order chi connectivity index (χ1) is 8.88. The predicted octanol–water partition coefficient (Wildman–Crippen LogP) is 1.76. The molecule has 1 N–H and O–H groups in total. The highest BCUT2D eigenvalue weighted by Gasteiger charge is 2.21. The monoisotopic (exact) mass is 268 g/mol. The molecule has 0 fully saturated rings. The molecule has 0 aliphatic rings. The Hall–Kier alpha value is -2.15. The Morgan fingerprint density at radius 3 is 2.68 bits per heavy atom. The van der Waals surface area contributed by atoms with E-state index >= 15 is 0 Å². The van der Waals surface area contributed by atoms with E-state index in [0.717, 1.165) is 0 Å². The summed E-state index contributed by atoms with van der Waals surface area (Å²) >= 11 is 0.